The van der Waals surface area contributed by atoms with Crippen molar-refractivity contribution < 1.29 is 42.2 Å². The summed E-state index contributed by atoms with van der Waals surface area (Å²) < 4.78 is 40.4. The summed E-state index contributed by atoms with van der Waals surface area (Å²) in [5.41, 5.74) is -0.212. The van der Waals surface area contributed by atoms with Crippen molar-refractivity contribution >= 4 is 41.1 Å². The van der Waals surface area contributed by atoms with Gasteiger partial charge in [-0.1, -0.05) is 6.07 Å². The Morgan fingerprint density at radius 2 is 1.74 bits per heavy atom. The molecule has 4 heterocycles. The zero-order chi connectivity index (χ0) is 37.9. The summed E-state index contributed by atoms with van der Waals surface area (Å²) >= 11 is 0. The minimum absolute atomic E-state index is 0.00937. The maximum Gasteiger partial charge on any atom is 0.412 e. The Balaban J connectivity index is 0.888. The van der Waals surface area contributed by atoms with Gasteiger partial charge in [-0.15, -0.1) is 0 Å². The molecule has 53 heavy (non-hydrogen) atoms. The molecule has 1 unspecified atom stereocenters. The van der Waals surface area contributed by atoms with E-state index in [0.717, 1.165) is 63.1 Å². The second-order valence-corrected chi connectivity index (χ2v) is 15.3. The molecule has 288 valence electrons. The second kappa shape index (κ2) is 16.3. The number of halogens is 2. The number of nitrogens with one attached hydrogen (secondary N) is 3. The van der Waals surface area contributed by atoms with Gasteiger partial charge >= 0.3 is 6.09 Å². The van der Waals surface area contributed by atoms with E-state index >= 15 is 0 Å². The van der Waals surface area contributed by atoms with Crippen molar-refractivity contribution in [1.29, 1.82) is 0 Å². The van der Waals surface area contributed by atoms with Crippen molar-refractivity contribution in [3.05, 3.63) is 41.2 Å². The Morgan fingerprint density at radius 3 is 2.42 bits per heavy atom. The number of benzene rings is 1. The lowest BCUT2D eigenvalue weighted by Crippen LogP contribution is -2.54. The fraction of sp³-hybridized carbons (Fsp3) is 0.622. The second-order valence-electron chi connectivity index (χ2n) is 15.3. The molecule has 2 aromatic rings. The molecule has 1 aromatic heterocycles. The zero-order valence-electron chi connectivity index (χ0n) is 30.5. The molecule has 0 radical (unpaired) electrons. The van der Waals surface area contributed by atoms with Crippen molar-refractivity contribution in [3.8, 4) is 0 Å². The minimum Gasteiger partial charge on any atom is -0.444 e. The van der Waals surface area contributed by atoms with Gasteiger partial charge in [0, 0.05) is 51.1 Å². The first-order valence-electron chi connectivity index (χ1n) is 18.6. The summed E-state index contributed by atoms with van der Waals surface area (Å²) in [6.07, 6.45) is 4.35. The van der Waals surface area contributed by atoms with Gasteiger partial charge in [0.15, 0.2) is 5.69 Å². The summed E-state index contributed by atoms with van der Waals surface area (Å²) in [4.78, 5) is 66.0. The molecule has 4 aliphatic rings. The molecule has 3 fully saturated rings. The van der Waals surface area contributed by atoms with Gasteiger partial charge in [0.1, 0.15) is 11.6 Å². The molecule has 5 amide bonds. The molecular formula is C37H49F2N7O7. The van der Waals surface area contributed by atoms with E-state index in [1.807, 2.05) is 0 Å². The van der Waals surface area contributed by atoms with Crippen LogP contribution in [0.5, 0.6) is 0 Å². The van der Waals surface area contributed by atoms with E-state index in [4.69, 9.17) is 9.47 Å². The standard InChI is InChI=1S/C37H49F2N7O7/c1-37(2,3)53-36(51)41-27-21-45(43-31(27)32(38)39)23-10-8-22(9-11-23)20-44-17-14-24(15-18-44)52-19-5-16-40-26-7-4-6-25-30(26)35(50)46(34(25)49)28-12-13-29(47)42-33(28)48/h4,6-7,21-24,28,32,40H,5,8-20H2,1-3H3,(H,41,51)(H,42,47,48). The van der Waals surface area contributed by atoms with Crippen LogP contribution in [0.4, 0.5) is 25.0 Å². The highest BCUT2D eigenvalue weighted by Gasteiger charge is 2.45. The van der Waals surface area contributed by atoms with Gasteiger partial charge in [-0.3, -0.25) is 39.4 Å². The van der Waals surface area contributed by atoms with Crippen molar-refractivity contribution in [2.45, 2.75) is 109 Å². The van der Waals surface area contributed by atoms with Crippen molar-refractivity contribution in [2.75, 3.05) is 43.4 Å². The predicted octanol–water partition coefficient (Wildman–Crippen LogP) is 5.28. The number of hydrogen-bond donors (Lipinski definition) is 3. The fourth-order valence-corrected chi connectivity index (χ4v) is 7.69. The van der Waals surface area contributed by atoms with Crippen molar-refractivity contribution in [2.24, 2.45) is 5.92 Å². The van der Waals surface area contributed by atoms with E-state index in [9.17, 15) is 32.8 Å². The quantitative estimate of drug-likeness (QED) is 0.193. The summed E-state index contributed by atoms with van der Waals surface area (Å²) in [5, 5.41) is 12.1. The molecule has 0 spiro atoms. The van der Waals surface area contributed by atoms with Gasteiger partial charge in [0.25, 0.3) is 18.2 Å². The number of rotatable bonds is 12. The van der Waals surface area contributed by atoms with Gasteiger partial charge in [0.2, 0.25) is 11.8 Å². The molecule has 6 rings (SSSR count). The topological polar surface area (TPSA) is 164 Å². The number of ether oxygens (including phenoxy) is 2. The number of aromatic nitrogens is 2. The van der Waals surface area contributed by atoms with E-state index in [2.05, 4.69) is 25.9 Å². The fourth-order valence-electron chi connectivity index (χ4n) is 7.69. The van der Waals surface area contributed by atoms with Gasteiger partial charge in [-0.25, -0.2) is 13.6 Å². The Bertz CT molecular complexity index is 1690. The van der Waals surface area contributed by atoms with E-state index < -0.39 is 53.5 Å². The lowest BCUT2D eigenvalue weighted by atomic mass is 9.85. The van der Waals surface area contributed by atoms with Gasteiger partial charge in [-0.2, -0.15) is 5.10 Å². The number of hydrogen-bond acceptors (Lipinski definition) is 10. The lowest BCUT2D eigenvalue weighted by Gasteiger charge is -2.36. The minimum atomic E-state index is -2.82. The van der Waals surface area contributed by atoms with Crippen LogP contribution in [0.3, 0.4) is 0 Å². The highest BCUT2D eigenvalue weighted by molar-refractivity contribution is 6.25. The monoisotopic (exact) mass is 741 g/mol. The van der Waals surface area contributed by atoms with Gasteiger partial charge < -0.3 is 19.7 Å². The van der Waals surface area contributed by atoms with Crippen LogP contribution in [0.2, 0.25) is 0 Å². The summed E-state index contributed by atoms with van der Waals surface area (Å²) in [6.45, 7) is 9.06. The highest BCUT2D eigenvalue weighted by Crippen LogP contribution is 2.36. The first-order chi connectivity index (χ1) is 25.3. The summed E-state index contributed by atoms with van der Waals surface area (Å²) in [7, 11) is 0. The van der Waals surface area contributed by atoms with Crippen LogP contribution in [0.1, 0.15) is 117 Å². The average molecular weight is 742 g/mol. The number of carbonyl (C=O) groups excluding carboxylic acids is 5. The average Bonchev–Trinajstić information content (AvgIpc) is 3.63. The largest absolute Gasteiger partial charge is 0.444 e. The molecule has 3 N–H and O–H groups in total. The molecule has 1 atom stereocenters. The third kappa shape index (κ3) is 9.21. The lowest BCUT2D eigenvalue weighted by molar-refractivity contribution is -0.136. The first-order valence-corrected chi connectivity index (χ1v) is 18.6. The molecule has 0 bridgehead atoms. The predicted molar refractivity (Wildman–Crippen MR) is 190 cm³/mol. The van der Waals surface area contributed by atoms with Crippen molar-refractivity contribution in [1.82, 2.24) is 24.9 Å². The maximum atomic E-state index is 13.7. The Labute approximate surface area is 307 Å². The van der Waals surface area contributed by atoms with Crippen LogP contribution >= 0.6 is 0 Å². The Kier molecular flexibility index (Phi) is 11.8. The molecule has 1 saturated carbocycles. The number of likely N-dealkylation sites (tertiary alicyclic amines) is 1. The third-order valence-corrected chi connectivity index (χ3v) is 10.3. The van der Waals surface area contributed by atoms with Crippen LogP contribution in [0.25, 0.3) is 0 Å². The third-order valence-electron chi connectivity index (χ3n) is 10.3. The normalized spacial score (nSPS) is 23.0. The smallest absolute Gasteiger partial charge is 0.412 e. The number of nitrogens with zero attached hydrogens (tertiary/aromatic N) is 4. The van der Waals surface area contributed by atoms with Crippen LogP contribution in [-0.2, 0) is 19.1 Å². The summed E-state index contributed by atoms with van der Waals surface area (Å²) in [5.74, 6) is -1.61. The Hall–Kier alpha value is -4.44. The van der Waals surface area contributed by atoms with Crippen LogP contribution < -0.4 is 16.0 Å². The molecule has 16 heteroatoms. The SMILES string of the molecule is CC(C)(C)OC(=O)Nc1cn(C2CCC(CN3CCC(OCCCNc4cccc5c4C(=O)N(C4CCC(=O)NC4=O)C5=O)CC3)CC2)nc1C(F)F. The van der Waals surface area contributed by atoms with Crippen molar-refractivity contribution in [3.63, 3.8) is 0 Å². The number of piperidine rings is 2. The highest BCUT2D eigenvalue weighted by atomic mass is 19.3. The molecule has 1 aromatic carbocycles. The summed E-state index contributed by atoms with van der Waals surface area (Å²) in [6, 6.07) is 4.00. The first kappa shape index (κ1) is 38.3. The van der Waals surface area contributed by atoms with Gasteiger partial charge in [0.05, 0.1) is 29.0 Å². The number of fused-ring (bicyclic) bond motifs is 1. The number of amides is 5. The molecule has 3 aliphatic heterocycles. The van der Waals surface area contributed by atoms with E-state index in [-0.39, 0.29) is 41.8 Å². The number of anilines is 2. The van der Waals surface area contributed by atoms with Crippen LogP contribution in [0.15, 0.2) is 24.4 Å². The number of alkyl halides is 2. The molecule has 14 nitrogen and oxygen atoms in total. The number of carbonyl (C=O) groups is 5. The molecular weight excluding hydrogens is 692 g/mol. The number of imide groups is 2. The van der Waals surface area contributed by atoms with Crippen LogP contribution in [-0.4, -0.2) is 99.8 Å². The Morgan fingerprint density at radius 1 is 1.00 bits per heavy atom. The van der Waals surface area contributed by atoms with Crippen LogP contribution in [0, 0.1) is 5.92 Å². The van der Waals surface area contributed by atoms with E-state index in [0.29, 0.717) is 31.2 Å². The maximum absolute atomic E-state index is 13.7. The molecule has 2 saturated heterocycles. The molecule has 1 aliphatic carbocycles. The van der Waals surface area contributed by atoms with E-state index in [1.54, 1.807) is 43.7 Å². The van der Waals surface area contributed by atoms with Gasteiger partial charge in [-0.05, 0) is 90.2 Å². The zero-order valence-corrected chi connectivity index (χ0v) is 30.5. The van der Waals surface area contributed by atoms with E-state index in [1.165, 1.54) is 6.20 Å².